The fourth-order valence-corrected chi connectivity index (χ4v) is 1.96. The predicted octanol–water partition coefficient (Wildman–Crippen LogP) is 3.68. The summed E-state index contributed by atoms with van der Waals surface area (Å²) in [6.07, 6.45) is 4.40. The van der Waals surface area contributed by atoms with E-state index in [0.29, 0.717) is 5.92 Å². The second-order valence-corrected chi connectivity index (χ2v) is 4.46. The molecule has 1 atom stereocenters. The monoisotopic (exact) mass is 226 g/mol. The Labute approximate surface area is 97.1 Å². The largest absolute Gasteiger partial charge is 0.396 e. The Morgan fingerprint density at radius 2 is 2.20 bits per heavy atom. The molecular formula is C13H19ClO. The van der Waals surface area contributed by atoms with Crippen LogP contribution in [0.15, 0.2) is 24.3 Å². The molecule has 1 rings (SSSR count). The van der Waals surface area contributed by atoms with Gasteiger partial charge in [0, 0.05) is 11.6 Å². The number of benzene rings is 1. The summed E-state index contributed by atoms with van der Waals surface area (Å²) in [5, 5.41) is 10.0. The fraction of sp³-hybridized carbons (Fsp3) is 0.538. The van der Waals surface area contributed by atoms with E-state index in [0.717, 1.165) is 17.9 Å². The topological polar surface area (TPSA) is 20.2 Å². The second kappa shape index (κ2) is 6.86. The molecule has 1 aromatic carbocycles. The molecule has 1 aromatic rings. The standard InChI is InChI=1S/C13H19ClO/c1-2-3-5-12(10-15)8-11-6-4-7-13(14)9-11/h4,6-7,9,12,15H,2-3,5,8,10H2,1H3. The molecule has 0 aromatic heterocycles. The van der Waals surface area contributed by atoms with Gasteiger partial charge in [-0.15, -0.1) is 0 Å². The number of aliphatic hydroxyl groups excluding tert-OH is 1. The molecule has 0 radical (unpaired) electrons. The van der Waals surface area contributed by atoms with Gasteiger partial charge in [0.05, 0.1) is 0 Å². The highest BCUT2D eigenvalue weighted by Crippen LogP contribution is 2.17. The van der Waals surface area contributed by atoms with E-state index in [1.54, 1.807) is 0 Å². The minimum absolute atomic E-state index is 0.270. The predicted molar refractivity (Wildman–Crippen MR) is 65.3 cm³/mol. The van der Waals surface area contributed by atoms with E-state index >= 15 is 0 Å². The van der Waals surface area contributed by atoms with Crippen molar-refractivity contribution in [1.82, 2.24) is 0 Å². The number of hydrogen-bond acceptors (Lipinski definition) is 1. The van der Waals surface area contributed by atoms with E-state index in [1.807, 2.05) is 18.2 Å². The zero-order valence-electron chi connectivity index (χ0n) is 9.25. The van der Waals surface area contributed by atoms with E-state index < -0.39 is 0 Å². The van der Waals surface area contributed by atoms with Crippen LogP contribution >= 0.6 is 11.6 Å². The summed E-state index contributed by atoms with van der Waals surface area (Å²) in [6, 6.07) is 7.90. The van der Waals surface area contributed by atoms with Gasteiger partial charge in [0.1, 0.15) is 0 Å². The van der Waals surface area contributed by atoms with Crippen molar-refractivity contribution in [3.8, 4) is 0 Å². The van der Waals surface area contributed by atoms with Crippen LogP contribution in [0.2, 0.25) is 5.02 Å². The highest BCUT2D eigenvalue weighted by atomic mass is 35.5. The maximum Gasteiger partial charge on any atom is 0.0462 e. The first-order valence-electron chi connectivity index (χ1n) is 5.61. The Morgan fingerprint density at radius 1 is 1.40 bits per heavy atom. The molecule has 1 unspecified atom stereocenters. The lowest BCUT2D eigenvalue weighted by atomic mass is 9.95. The molecule has 0 aliphatic rings. The molecule has 0 bridgehead atoms. The van der Waals surface area contributed by atoms with Crippen LogP contribution in [-0.2, 0) is 6.42 Å². The zero-order valence-corrected chi connectivity index (χ0v) is 10.0. The van der Waals surface area contributed by atoms with Gasteiger partial charge in [0.2, 0.25) is 0 Å². The summed E-state index contributed by atoms with van der Waals surface area (Å²) >= 11 is 5.91. The van der Waals surface area contributed by atoms with E-state index in [4.69, 9.17) is 11.6 Å². The highest BCUT2D eigenvalue weighted by Gasteiger charge is 2.08. The third-order valence-electron chi connectivity index (χ3n) is 2.64. The van der Waals surface area contributed by atoms with Crippen LogP contribution in [0, 0.1) is 5.92 Å². The van der Waals surface area contributed by atoms with Gasteiger partial charge in [0.25, 0.3) is 0 Å². The summed E-state index contributed by atoms with van der Waals surface area (Å²) < 4.78 is 0. The Hall–Kier alpha value is -0.530. The molecule has 0 heterocycles. The second-order valence-electron chi connectivity index (χ2n) is 4.02. The lowest BCUT2D eigenvalue weighted by Gasteiger charge is -2.13. The Morgan fingerprint density at radius 3 is 2.80 bits per heavy atom. The fourth-order valence-electron chi connectivity index (χ4n) is 1.75. The van der Waals surface area contributed by atoms with Crippen LogP contribution in [0.4, 0.5) is 0 Å². The number of aliphatic hydroxyl groups is 1. The first-order valence-corrected chi connectivity index (χ1v) is 5.99. The molecule has 2 heteroatoms. The van der Waals surface area contributed by atoms with Crippen LogP contribution in [-0.4, -0.2) is 11.7 Å². The molecular weight excluding hydrogens is 208 g/mol. The van der Waals surface area contributed by atoms with Gasteiger partial charge in [0.15, 0.2) is 0 Å². The van der Waals surface area contributed by atoms with Gasteiger partial charge in [-0.3, -0.25) is 0 Å². The van der Waals surface area contributed by atoms with Gasteiger partial charge >= 0.3 is 0 Å². The quantitative estimate of drug-likeness (QED) is 0.785. The van der Waals surface area contributed by atoms with E-state index in [2.05, 4.69) is 13.0 Å². The van der Waals surface area contributed by atoms with Crippen LogP contribution in [0.3, 0.4) is 0 Å². The van der Waals surface area contributed by atoms with Crippen molar-refractivity contribution in [2.24, 2.45) is 5.92 Å². The Bertz CT molecular complexity index is 286. The molecule has 0 saturated carbocycles. The minimum atomic E-state index is 0.270. The maximum atomic E-state index is 9.25. The lowest BCUT2D eigenvalue weighted by Crippen LogP contribution is -2.09. The van der Waals surface area contributed by atoms with Gasteiger partial charge in [-0.25, -0.2) is 0 Å². The van der Waals surface area contributed by atoms with Crippen molar-refractivity contribution in [2.45, 2.75) is 32.6 Å². The Kier molecular flexibility index (Phi) is 5.74. The number of rotatable bonds is 6. The van der Waals surface area contributed by atoms with Crippen LogP contribution < -0.4 is 0 Å². The van der Waals surface area contributed by atoms with Gasteiger partial charge < -0.3 is 5.11 Å². The normalized spacial score (nSPS) is 12.7. The van der Waals surface area contributed by atoms with Crippen molar-refractivity contribution >= 4 is 11.6 Å². The average molecular weight is 227 g/mol. The van der Waals surface area contributed by atoms with Gasteiger partial charge in [-0.05, 0) is 36.5 Å². The van der Waals surface area contributed by atoms with E-state index in [-0.39, 0.29) is 6.61 Å². The number of halogens is 1. The highest BCUT2D eigenvalue weighted by molar-refractivity contribution is 6.30. The van der Waals surface area contributed by atoms with Crippen LogP contribution in [0.5, 0.6) is 0 Å². The van der Waals surface area contributed by atoms with Crippen molar-refractivity contribution < 1.29 is 5.11 Å². The molecule has 84 valence electrons. The molecule has 0 spiro atoms. The molecule has 0 amide bonds. The summed E-state index contributed by atoms with van der Waals surface area (Å²) in [7, 11) is 0. The summed E-state index contributed by atoms with van der Waals surface area (Å²) in [5.41, 5.74) is 1.22. The van der Waals surface area contributed by atoms with Crippen molar-refractivity contribution in [3.05, 3.63) is 34.9 Å². The third kappa shape index (κ3) is 4.67. The van der Waals surface area contributed by atoms with Crippen molar-refractivity contribution in [1.29, 1.82) is 0 Å². The molecule has 1 nitrogen and oxygen atoms in total. The lowest BCUT2D eigenvalue weighted by molar-refractivity contribution is 0.215. The molecule has 0 aliphatic carbocycles. The molecule has 0 aliphatic heterocycles. The molecule has 0 saturated heterocycles. The first kappa shape index (κ1) is 12.5. The SMILES string of the molecule is CCCCC(CO)Cc1cccc(Cl)c1. The number of hydrogen-bond donors (Lipinski definition) is 1. The van der Waals surface area contributed by atoms with Gasteiger partial charge in [-0.1, -0.05) is 43.5 Å². The van der Waals surface area contributed by atoms with Gasteiger partial charge in [-0.2, -0.15) is 0 Å². The third-order valence-corrected chi connectivity index (χ3v) is 2.87. The molecule has 15 heavy (non-hydrogen) atoms. The summed E-state index contributed by atoms with van der Waals surface area (Å²) in [6.45, 7) is 2.44. The summed E-state index contributed by atoms with van der Waals surface area (Å²) in [5.74, 6) is 0.378. The average Bonchev–Trinajstić information content (AvgIpc) is 2.24. The molecule has 1 N–H and O–H groups in total. The molecule has 0 fully saturated rings. The minimum Gasteiger partial charge on any atom is -0.396 e. The Balaban J connectivity index is 2.50. The first-order chi connectivity index (χ1) is 7.26. The number of unbranched alkanes of at least 4 members (excludes halogenated alkanes) is 1. The van der Waals surface area contributed by atoms with Crippen molar-refractivity contribution in [2.75, 3.05) is 6.61 Å². The van der Waals surface area contributed by atoms with Crippen molar-refractivity contribution in [3.63, 3.8) is 0 Å². The van der Waals surface area contributed by atoms with E-state index in [9.17, 15) is 5.11 Å². The zero-order chi connectivity index (χ0) is 11.1. The summed E-state index contributed by atoms with van der Waals surface area (Å²) in [4.78, 5) is 0. The smallest absolute Gasteiger partial charge is 0.0462 e. The maximum absolute atomic E-state index is 9.25. The van der Waals surface area contributed by atoms with E-state index in [1.165, 1.54) is 18.4 Å². The van der Waals surface area contributed by atoms with Crippen LogP contribution in [0.25, 0.3) is 0 Å². The van der Waals surface area contributed by atoms with Crippen LogP contribution in [0.1, 0.15) is 31.7 Å².